The van der Waals surface area contributed by atoms with E-state index in [1.165, 1.54) is 17.5 Å². The van der Waals surface area contributed by atoms with Crippen LogP contribution in [0.2, 0.25) is 0 Å². The van der Waals surface area contributed by atoms with Gasteiger partial charge >= 0.3 is 0 Å². The first-order chi connectivity index (χ1) is 19.2. The summed E-state index contributed by atoms with van der Waals surface area (Å²) in [5.74, 6) is -0.236. The van der Waals surface area contributed by atoms with Crippen LogP contribution in [0.1, 0.15) is 31.4 Å². The van der Waals surface area contributed by atoms with Crippen LogP contribution in [0.5, 0.6) is 11.5 Å². The van der Waals surface area contributed by atoms with Crippen molar-refractivity contribution in [2.24, 2.45) is 5.92 Å². The number of nitrogens with one attached hydrogen (secondary N) is 3. The van der Waals surface area contributed by atoms with E-state index in [0.717, 1.165) is 12.0 Å². The highest BCUT2D eigenvalue weighted by Crippen LogP contribution is 2.19. The summed E-state index contributed by atoms with van der Waals surface area (Å²) in [6.07, 6.45) is 4.40. The number of hydrogen-bond acceptors (Lipinski definition) is 7. The highest BCUT2D eigenvalue weighted by atomic mass is 16.5. The van der Waals surface area contributed by atoms with Gasteiger partial charge in [0.2, 0.25) is 17.7 Å². The molecule has 3 amide bonds. The highest BCUT2D eigenvalue weighted by Gasteiger charge is 2.33. The zero-order valence-electron chi connectivity index (χ0n) is 23.7. The average Bonchev–Trinajstić information content (AvgIpc) is 2.96. The first-order valence-electron chi connectivity index (χ1n) is 13.5. The molecule has 5 N–H and O–H groups in total. The number of para-hydroxylation sites is 1. The smallest absolute Gasteiger partial charge is 0.245 e. The van der Waals surface area contributed by atoms with Gasteiger partial charge in [0.25, 0.3) is 0 Å². The van der Waals surface area contributed by atoms with Crippen LogP contribution in [0.4, 0.5) is 0 Å². The van der Waals surface area contributed by atoms with E-state index < -0.39 is 24.6 Å². The third-order valence-corrected chi connectivity index (χ3v) is 6.58. The van der Waals surface area contributed by atoms with Crippen molar-refractivity contribution >= 4 is 23.8 Å². The summed E-state index contributed by atoms with van der Waals surface area (Å²) >= 11 is 0. The zero-order valence-corrected chi connectivity index (χ0v) is 23.7. The Labute approximate surface area is 236 Å². The molecule has 1 aliphatic heterocycles. The number of phenols is 1. The van der Waals surface area contributed by atoms with Crippen LogP contribution in [-0.2, 0) is 14.4 Å². The molecule has 0 saturated heterocycles. The number of carbonyl (C=O) groups is 3. The molecule has 1 aliphatic rings. The maximum Gasteiger partial charge on any atom is 0.245 e. The Morgan fingerprint density at radius 3 is 2.42 bits per heavy atom. The van der Waals surface area contributed by atoms with E-state index in [1.807, 2.05) is 63.2 Å². The second-order valence-corrected chi connectivity index (χ2v) is 9.61. The SMILES string of the molecule is CCC(C)C1NCCOc2ccccc2/C=C/CNC(=O)CNC(=O)C(CO)N(C)C1=O.Cc1ccc(O)cc1. The summed E-state index contributed by atoms with van der Waals surface area (Å²) in [5, 5.41) is 26.9. The molecule has 3 rings (SSSR count). The van der Waals surface area contributed by atoms with E-state index in [-0.39, 0.29) is 30.8 Å². The number of benzene rings is 2. The first-order valence-corrected chi connectivity index (χ1v) is 13.5. The molecule has 3 unspecified atom stereocenters. The number of aromatic hydroxyl groups is 1. The molecule has 0 aliphatic carbocycles. The fourth-order valence-electron chi connectivity index (χ4n) is 3.90. The van der Waals surface area contributed by atoms with Gasteiger partial charge in [0.1, 0.15) is 24.1 Å². The van der Waals surface area contributed by atoms with Crippen molar-refractivity contribution in [1.29, 1.82) is 0 Å². The van der Waals surface area contributed by atoms with Crippen molar-refractivity contribution in [2.45, 2.75) is 39.3 Å². The lowest BCUT2D eigenvalue weighted by Crippen LogP contribution is -2.57. The minimum absolute atomic E-state index is 0.000975. The molecule has 40 heavy (non-hydrogen) atoms. The van der Waals surface area contributed by atoms with Crippen LogP contribution < -0.4 is 20.7 Å². The number of hydrogen-bond donors (Lipinski definition) is 5. The predicted molar refractivity (Wildman–Crippen MR) is 155 cm³/mol. The van der Waals surface area contributed by atoms with E-state index in [0.29, 0.717) is 24.7 Å². The molecule has 0 aromatic heterocycles. The van der Waals surface area contributed by atoms with Gasteiger partial charge in [-0.15, -0.1) is 0 Å². The zero-order chi connectivity index (χ0) is 29.5. The number of phenolic OH excluding ortho intramolecular Hbond substituents is 1. The molecule has 10 nitrogen and oxygen atoms in total. The van der Waals surface area contributed by atoms with E-state index >= 15 is 0 Å². The first kappa shape index (κ1) is 32.3. The number of amides is 3. The number of fused-ring (bicyclic) bond motifs is 1. The van der Waals surface area contributed by atoms with Crippen molar-refractivity contribution in [3.05, 3.63) is 65.7 Å². The van der Waals surface area contributed by atoms with Crippen molar-refractivity contribution in [2.75, 3.05) is 39.9 Å². The van der Waals surface area contributed by atoms with Gasteiger partial charge in [0, 0.05) is 25.7 Å². The Hall–Kier alpha value is -3.89. The standard InChI is InChI=1S/C23H34N4O5.C7H8O/c1-4-16(2)21-23(31)27(3)18(15-28)22(30)26-14-20(29)24-11-7-9-17-8-5-6-10-19(17)32-13-12-25-21;1-6-2-4-7(8)5-3-6/h5-10,16,18,21,25,28H,4,11-15H2,1-3H3,(H,24,29)(H,26,30);2-5,8H,1H3/b9-7+;. The molecule has 218 valence electrons. The number of nitrogens with zero attached hydrogens (tertiary/aromatic N) is 1. The van der Waals surface area contributed by atoms with Gasteiger partial charge in [-0.25, -0.2) is 0 Å². The van der Waals surface area contributed by atoms with E-state index in [1.54, 1.807) is 18.2 Å². The molecule has 0 bridgehead atoms. The lowest BCUT2D eigenvalue weighted by Gasteiger charge is -2.32. The van der Waals surface area contributed by atoms with Crippen molar-refractivity contribution in [3.8, 4) is 11.5 Å². The Bertz CT molecular complexity index is 1100. The van der Waals surface area contributed by atoms with E-state index in [4.69, 9.17) is 9.84 Å². The largest absolute Gasteiger partial charge is 0.508 e. The van der Waals surface area contributed by atoms with Crippen LogP contribution in [0, 0.1) is 12.8 Å². The second-order valence-electron chi connectivity index (χ2n) is 9.61. The van der Waals surface area contributed by atoms with Gasteiger partial charge in [-0.1, -0.05) is 68.3 Å². The molecular weight excluding hydrogens is 512 g/mol. The number of likely N-dealkylation sites (N-methyl/N-ethyl adjacent to an activating group) is 1. The third kappa shape index (κ3) is 10.3. The summed E-state index contributed by atoms with van der Waals surface area (Å²) in [6.45, 7) is 6.17. The van der Waals surface area contributed by atoms with Crippen molar-refractivity contribution in [1.82, 2.24) is 20.9 Å². The van der Waals surface area contributed by atoms with Gasteiger partial charge in [-0.3, -0.25) is 14.4 Å². The third-order valence-electron chi connectivity index (χ3n) is 6.58. The highest BCUT2D eigenvalue weighted by molar-refractivity contribution is 5.92. The topological polar surface area (TPSA) is 140 Å². The summed E-state index contributed by atoms with van der Waals surface area (Å²) in [4.78, 5) is 39.0. The van der Waals surface area contributed by atoms with Crippen LogP contribution >= 0.6 is 0 Å². The molecule has 2 aromatic rings. The maximum absolute atomic E-state index is 13.2. The van der Waals surface area contributed by atoms with E-state index in [9.17, 15) is 19.5 Å². The minimum Gasteiger partial charge on any atom is -0.508 e. The molecular formula is C30H42N4O6. The molecule has 0 saturated carbocycles. The van der Waals surface area contributed by atoms with Crippen molar-refractivity contribution in [3.63, 3.8) is 0 Å². The van der Waals surface area contributed by atoms with Crippen LogP contribution in [0.25, 0.3) is 6.08 Å². The van der Waals surface area contributed by atoms with Gasteiger partial charge in [0.15, 0.2) is 0 Å². The minimum atomic E-state index is -1.09. The Balaban J connectivity index is 0.000000598. The van der Waals surface area contributed by atoms with Crippen LogP contribution in [-0.4, -0.2) is 84.8 Å². The Morgan fingerprint density at radius 1 is 1.07 bits per heavy atom. The Morgan fingerprint density at radius 2 is 1.77 bits per heavy atom. The van der Waals surface area contributed by atoms with Crippen LogP contribution in [0.3, 0.4) is 0 Å². The fraction of sp³-hybridized carbons (Fsp3) is 0.433. The molecule has 3 atom stereocenters. The lowest BCUT2D eigenvalue weighted by atomic mass is 9.97. The summed E-state index contributed by atoms with van der Waals surface area (Å²) in [5.41, 5.74) is 2.04. The Kier molecular flexibility index (Phi) is 13.7. The molecule has 0 fully saturated rings. The lowest BCUT2D eigenvalue weighted by molar-refractivity contribution is -0.143. The number of aliphatic hydroxyl groups excluding tert-OH is 1. The maximum atomic E-state index is 13.2. The number of aryl methyl sites for hydroxylation is 1. The second kappa shape index (κ2) is 16.9. The van der Waals surface area contributed by atoms with Crippen molar-refractivity contribution < 1.29 is 29.3 Å². The number of rotatable bonds is 3. The van der Waals surface area contributed by atoms with Gasteiger partial charge in [0.05, 0.1) is 19.2 Å². The predicted octanol–water partition coefficient (Wildman–Crippen LogP) is 1.85. The molecule has 0 radical (unpaired) electrons. The monoisotopic (exact) mass is 554 g/mol. The quantitative estimate of drug-likeness (QED) is 0.390. The fourth-order valence-corrected chi connectivity index (χ4v) is 3.90. The summed E-state index contributed by atoms with van der Waals surface area (Å²) in [6, 6.07) is 13.0. The number of ether oxygens (including phenoxy) is 1. The van der Waals surface area contributed by atoms with Gasteiger partial charge in [-0.2, -0.15) is 0 Å². The normalized spacial score (nSPS) is 20.7. The van der Waals surface area contributed by atoms with E-state index in [2.05, 4.69) is 16.0 Å². The number of carbonyl (C=O) groups excluding carboxylic acids is 3. The number of aliphatic hydroxyl groups is 1. The van der Waals surface area contributed by atoms with Gasteiger partial charge in [-0.05, 0) is 31.0 Å². The van der Waals surface area contributed by atoms with Crippen LogP contribution in [0.15, 0.2) is 54.6 Å². The molecule has 10 heteroatoms. The summed E-state index contributed by atoms with van der Waals surface area (Å²) < 4.78 is 5.91. The molecule has 2 aromatic carbocycles. The summed E-state index contributed by atoms with van der Waals surface area (Å²) in [7, 11) is 1.48. The average molecular weight is 555 g/mol. The molecule has 1 heterocycles. The van der Waals surface area contributed by atoms with Gasteiger partial charge < -0.3 is 35.8 Å². The molecule has 0 spiro atoms.